The molecule has 6 nitrogen and oxygen atoms in total. The van der Waals surface area contributed by atoms with Crippen molar-refractivity contribution in [2.45, 2.75) is 19.0 Å². The van der Waals surface area contributed by atoms with Crippen LogP contribution in [-0.4, -0.2) is 66.1 Å². The SMILES string of the molecule is CC(NC(=O)C(c1ccccc1)N1CCN(C)CC1)C(=O)O. The molecule has 0 aromatic heterocycles. The molecule has 0 aliphatic carbocycles. The molecule has 1 aliphatic heterocycles. The normalized spacial score (nSPS) is 19.4. The zero-order chi connectivity index (χ0) is 16.1. The first-order valence-electron chi connectivity index (χ1n) is 7.49. The van der Waals surface area contributed by atoms with Crippen LogP contribution < -0.4 is 5.32 Å². The van der Waals surface area contributed by atoms with E-state index in [-0.39, 0.29) is 5.91 Å². The van der Waals surface area contributed by atoms with Gasteiger partial charge in [-0.1, -0.05) is 30.3 Å². The van der Waals surface area contributed by atoms with Gasteiger partial charge in [0.25, 0.3) is 0 Å². The predicted molar refractivity (Wildman–Crippen MR) is 83.5 cm³/mol. The quantitative estimate of drug-likeness (QED) is 0.832. The number of likely N-dealkylation sites (N-methyl/N-ethyl adjacent to an activating group) is 1. The average molecular weight is 305 g/mol. The van der Waals surface area contributed by atoms with Gasteiger partial charge < -0.3 is 15.3 Å². The summed E-state index contributed by atoms with van der Waals surface area (Å²) in [7, 11) is 2.06. The third kappa shape index (κ3) is 4.05. The molecule has 0 spiro atoms. The Bertz CT molecular complexity index is 513. The number of piperazine rings is 1. The molecular weight excluding hydrogens is 282 g/mol. The largest absolute Gasteiger partial charge is 0.480 e. The van der Waals surface area contributed by atoms with Crippen LogP contribution in [0, 0.1) is 0 Å². The molecule has 1 aliphatic rings. The Labute approximate surface area is 130 Å². The standard InChI is InChI=1S/C16H23N3O3/c1-12(16(21)22)17-15(20)14(13-6-4-3-5-7-13)19-10-8-18(2)9-11-19/h3-7,12,14H,8-11H2,1-2H3,(H,17,20)(H,21,22). The van der Waals surface area contributed by atoms with Crippen LogP contribution in [0.1, 0.15) is 18.5 Å². The van der Waals surface area contributed by atoms with Crippen LogP contribution in [0.4, 0.5) is 0 Å². The highest BCUT2D eigenvalue weighted by Crippen LogP contribution is 2.22. The van der Waals surface area contributed by atoms with Gasteiger partial charge in [0.2, 0.25) is 5.91 Å². The van der Waals surface area contributed by atoms with Crippen molar-refractivity contribution in [3.8, 4) is 0 Å². The number of nitrogens with zero attached hydrogens (tertiary/aromatic N) is 2. The molecule has 2 atom stereocenters. The zero-order valence-corrected chi connectivity index (χ0v) is 13.0. The molecule has 0 radical (unpaired) electrons. The summed E-state index contributed by atoms with van der Waals surface area (Å²) in [6, 6.07) is 8.17. The van der Waals surface area contributed by atoms with E-state index < -0.39 is 18.1 Å². The molecule has 2 rings (SSSR count). The van der Waals surface area contributed by atoms with Crippen molar-refractivity contribution in [3.63, 3.8) is 0 Å². The highest BCUT2D eigenvalue weighted by molar-refractivity contribution is 5.87. The first-order valence-corrected chi connectivity index (χ1v) is 7.49. The molecule has 2 N–H and O–H groups in total. The number of benzene rings is 1. The first-order chi connectivity index (χ1) is 10.5. The summed E-state index contributed by atoms with van der Waals surface area (Å²) in [5, 5.41) is 11.6. The predicted octanol–water partition coefficient (Wildman–Crippen LogP) is 0.564. The van der Waals surface area contributed by atoms with Gasteiger partial charge in [0.1, 0.15) is 12.1 Å². The van der Waals surface area contributed by atoms with Gasteiger partial charge in [-0.3, -0.25) is 14.5 Å². The highest BCUT2D eigenvalue weighted by atomic mass is 16.4. The third-order valence-corrected chi connectivity index (χ3v) is 4.00. The Balaban J connectivity index is 2.18. The van der Waals surface area contributed by atoms with Gasteiger partial charge in [-0.05, 0) is 19.5 Å². The number of carboxylic acid groups (broad SMARTS) is 1. The Morgan fingerprint density at radius 3 is 2.27 bits per heavy atom. The first kappa shape index (κ1) is 16.5. The fourth-order valence-corrected chi connectivity index (χ4v) is 2.60. The van der Waals surface area contributed by atoms with E-state index in [0.29, 0.717) is 0 Å². The van der Waals surface area contributed by atoms with E-state index in [4.69, 9.17) is 5.11 Å². The summed E-state index contributed by atoms with van der Waals surface area (Å²) >= 11 is 0. The molecule has 1 aromatic rings. The van der Waals surface area contributed by atoms with Crippen molar-refractivity contribution in [2.24, 2.45) is 0 Å². The third-order valence-electron chi connectivity index (χ3n) is 4.00. The van der Waals surface area contributed by atoms with E-state index in [1.165, 1.54) is 6.92 Å². The molecule has 22 heavy (non-hydrogen) atoms. The Hall–Kier alpha value is -1.92. The second kappa shape index (κ2) is 7.38. The number of carboxylic acids is 1. The number of aliphatic carboxylic acids is 1. The maximum Gasteiger partial charge on any atom is 0.325 e. The van der Waals surface area contributed by atoms with Gasteiger partial charge in [-0.2, -0.15) is 0 Å². The molecular formula is C16H23N3O3. The van der Waals surface area contributed by atoms with Crippen LogP contribution in [0.5, 0.6) is 0 Å². The number of hydrogen-bond acceptors (Lipinski definition) is 4. The lowest BCUT2D eigenvalue weighted by Gasteiger charge is -2.37. The molecule has 1 aromatic carbocycles. The molecule has 6 heteroatoms. The van der Waals surface area contributed by atoms with Crippen LogP contribution >= 0.6 is 0 Å². The van der Waals surface area contributed by atoms with E-state index >= 15 is 0 Å². The van der Waals surface area contributed by atoms with Crippen molar-refractivity contribution < 1.29 is 14.7 Å². The van der Waals surface area contributed by atoms with Crippen molar-refractivity contribution in [1.82, 2.24) is 15.1 Å². The maximum atomic E-state index is 12.6. The molecule has 2 unspecified atom stereocenters. The summed E-state index contributed by atoms with van der Waals surface area (Å²) in [5.74, 6) is -1.29. The topological polar surface area (TPSA) is 72.9 Å². The molecule has 120 valence electrons. The van der Waals surface area contributed by atoms with E-state index in [1.54, 1.807) is 0 Å². The van der Waals surface area contributed by atoms with Gasteiger partial charge in [0.05, 0.1) is 0 Å². The molecule has 1 heterocycles. The van der Waals surface area contributed by atoms with Gasteiger partial charge in [0.15, 0.2) is 0 Å². The van der Waals surface area contributed by atoms with Crippen LogP contribution in [0.15, 0.2) is 30.3 Å². The summed E-state index contributed by atoms with van der Waals surface area (Å²) in [6.07, 6.45) is 0. The van der Waals surface area contributed by atoms with Crippen LogP contribution in [0.2, 0.25) is 0 Å². The maximum absolute atomic E-state index is 12.6. The van der Waals surface area contributed by atoms with Crippen LogP contribution in [0.3, 0.4) is 0 Å². The number of amides is 1. The number of nitrogens with one attached hydrogen (secondary N) is 1. The molecule has 1 saturated heterocycles. The summed E-state index contributed by atoms with van der Waals surface area (Å²) in [5.41, 5.74) is 0.891. The fourth-order valence-electron chi connectivity index (χ4n) is 2.60. The fraction of sp³-hybridized carbons (Fsp3) is 0.500. The lowest BCUT2D eigenvalue weighted by Crippen LogP contribution is -2.51. The van der Waals surface area contributed by atoms with Crippen molar-refractivity contribution >= 4 is 11.9 Å². The second-order valence-electron chi connectivity index (χ2n) is 5.72. The summed E-state index contributed by atoms with van der Waals surface area (Å²) in [6.45, 7) is 4.83. The Morgan fingerprint density at radius 1 is 1.14 bits per heavy atom. The monoisotopic (exact) mass is 305 g/mol. The van der Waals surface area contributed by atoms with Crippen LogP contribution in [-0.2, 0) is 9.59 Å². The number of hydrogen-bond donors (Lipinski definition) is 2. The molecule has 1 amide bonds. The van der Waals surface area contributed by atoms with Crippen molar-refractivity contribution in [2.75, 3.05) is 33.2 Å². The molecule has 0 bridgehead atoms. The van der Waals surface area contributed by atoms with Crippen molar-refractivity contribution in [3.05, 3.63) is 35.9 Å². The van der Waals surface area contributed by atoms with E-state index in [0.717, 1.165) is 31.7 Å². The summed E-state index contributed by atoms with van der Waals surface area (Å²) < 4.78 is 0. The minimum Gasteiger partial charge on any atom is -0.480 e. The lowest BCUT2D eigenvalue weighted by atomic mass is 10.0. The molecule has 1 fully saturated rings. The van der Waals surface area contributed by atoms with E-state index in [9.17, 15) is 9.59 Å². The summed E-state index contributed by atoms with van der Waals surface area (Å²) in [4.78, 5) is 27.9. The Morgan fingerprint density at radius 2 is 1.73 bits per heavy atom. The van der Waals surface area contributed by atoms with Crippen LogP contribution in [0.25, 0.3) is 0 Å². The lowest BCUT2D eigenvalue weighted by molar-refractivity contribution is -0.142. The number of carbonyl (C=O) groups excluding carboxylic acids is 1. The van der Waals surface area contributed by atoms with E-state index in [2.05, 4.69) is 22.2 Å². The smallest absolute Gasteiger partial charge is 0.325 e. The minimum atomic E-state index is -1.03. The second-order valence-corrected chi connectivity index (χ2v) is 5.72. The Kier molecular flexibility index (Phi) is 5.51. The molecule has 0 saturated carbocycles. The van der Waals surface area contributed by atoms with Crippen molar-refractivity contribution in [1.29, 1.82) is 0 Å². The van der Waals surface area contributed by atoms with E-state index in [1.807, 2.05) is 30.3 Å². The number of rotatable bonds is 5. The number of carbonyl (C=O) groups is 2. The minimum absolute atomic E-state index is 0.259. The van der Waals surface area contributed by atoms with Gasteiger partial charge >= 0.3 is 5.97 Å². The van der Waals surface area contributed by atoms with Gasteiger partial charge in [-0.25, -0.2) is 0 Å². The van der Waals surface area contributed by atoms with Gasteiger partial charge in [-0.15, -0.1) is 0 Å². The highest BCUT2D eigenvalue weighted by Gasteiger charge is 2.31. The van der Waals surface area contributed by atoms with Gasteiger partial charge in [0, 0.05) is 26.2 Å². The zero-order valence-electron chi connectivity index (χ0n) is 13.0. The average Bonchev–Trinajstić information content (AvgIpc) is 2.50.